The molecule has 2 aliphatic carbocycles. The zero-order valence-corrected chi connectivity index (χ0v) is 11.9. The van der Waals surface area contributed by atoms with Crippen molar-refractivity contribution in [3.63, 3.8) is 0 Å². The first kappa shape index (κ1) is 14.3. The van der Waals surface area contributed by atoms with Crippen LogP contribution in [0.4, 0.5) is 4.39 Å². The fourth-order valence-corrected chi connectivity index (χ4v) is 3.92. The molecule has 1 amide bonds. The number of aliphatic carboxylic acids is 1. The second-order valence-electron chi connectivity index (χ2n) is 5.82. The third-order valence-electron chi connectivity index (χ3n) is 4.68. The molecule has 4 atom stereocenters. The molecule has 1 aromatic rings. The first-order valence-corrected chi connectivity index (χ1v) is 7.34. The molecule has 3 rings (SSSR count). The number of nitrogens with one attached hydrogen (secondary N) is 1. The molecule has 2 N–H and O–H groups in total. The minimum atomic E-state index is -0.885. The lowest BCUT2D eigenvalue weighted by atomic mass is 9.84. The highest BCUT2D eigenvalue weighted by molar-refractivity contribution is 6.30. The molecule has 2 aliphatic rings. The average Bonchev–Trinajstić information content (AvgIpc) is 2.98. The van der Waals surface area contributed by atoms with E-state index < -0.39 is 29.7 Å². The van der Waals surface area contributed by atoms with Crippen LogP contribution in [0.1, 0.15) is 29.6 Å². The summed E-state index contributed by atoms with van der Waals surface area (Å²) in [5.41, 5.74) is -0.105. The van der Waals surface area contributed by atoms with Crippen molar-refractivity contribution in [1.29, 1.82) is 0 Å². The van der Waals surface area contributed by atoms with Crippen molar-refractivity contribution in [3.05, 3.63) is 34.6 Å². The van der Waals surface area contributed by atoms with Gasteiger partial charge in [-0.25, -0.2) is 4.39 Å². The van der Waals surface area contributed by atoms with E-state index >= 15 is 0 Å². The molecule has 2 bridgehead atoms. The Balaban J connectivity index is 1.79. The maximum Gasteiger partial charge on any atom is 0.308 e. The number of carboxylic acid groups (broad SMARTS) is 1. The van der Waals surface area contributed by atoms with Gasteiger partial charge < -0.3 is 10.4 Å². The van der Waals surface area contributed by atoms with Crippen LogP contribution < -0.4 is 5.32 Å². The van der Waals surface area contributed by atoms with Crippen LogP contribution in [0.15, 0.2) is 18.2 Å². The summed E-state index contributed by atoms with van der Waals surface area (Å²) in [6.07, 6.45) is 2.64. The number of fused-ring (bicyclic) bond motifs is 2. The Labute approximate surface area is 126 Å². The van der Waals surface area contributed by atoms with Gasteiger partial charge in [0.2, 0.25) is 0 Å². The van der Waals surface area contributed by atoms with E-state index in [9.17, 15) is 19.1 Å². The Morgan fingerprint density at radius 2 is 2.00 bits per heavy atom. The van der Waals surface area contributed by atoms with Crippen molar-refractivity contribution < 1.29 is 19.1 Å². The maximum absolute atomic E-state index is 13.8. The largest absolute Gasteiger partial charge is 0.481 e. The van der Waals surface area contributed by atoms with Gasteiger partial charge in [0.25, 0.3) is 5.91 Å². The molecule has 0 heterocycles. The summed E-state index contributed by atoms with van der Waals surface area (Å²) >= 11 is 5.66. The van der Waals surface area contributed by atoms with E-state index in [1.807, 2.05) is 0 Å². The van der Waals surface area contributed by atoms with E-state index in [-0.39, 0.29) is 22.4 Å². The summed E-state index contributed by atoms with van der Waals surface area (Å²) < 4.78 is 13.8. The number of hydrogen-bond acceptors (Lipinski definition) is 2. The van der Waals surface area contributed by atoms with Crippen molar-refractivity contribution >= 4 is 23.5 Å². The second-order valence-corrected chi connectivity index (χ2v) is 6.26. The molecule has 2 fully saturated rings. The maximum atomic E-state index is 13.8. The highest BCUT2D eigenvalue weighted by Crippen LogP contribution is 2.48. The van der Waals surface area contributed by atoms with Gasteiger partial charge in [-0.2, -0.15) is 0 Å². The molecule has 6 heteroatoms. The Hall–Kier alpha value is -1.62. The third-order valence-corrected chi connectivity index (χ3v) is 4.91. The molecular formula is C15H15ClFNO3. The average molecular weight is 312 g/mol. The lowest BCUT2D eigenvalue weighted by molar-refractivity contribution is -0.144. The number of rotatable bonds is 3. The van der Waals surface area contributed by atoms with Crippen LogP contribution in [0.3, 0.4) is 0 Å². The molecule has 1 aromatic carbocycles. The molecule has 4 unspecified atom stereocenters. The predicted octanol–water partition coefficient (Wildman–Crippen LogP) is 2.71. The van der Waals surface area contributed by atoms with Gasteiger partial charge in [0.1, 0.15) is 5.82 Å². The smallest absolute Gasteiger partial charge is 0.308 e. The van der Waals surface area contributed by atoms with Crippen molar-refractivity contribution in [2.45, 2.75) is 25.3 Å². The minimum Gasteiger partial charge on any atom is -0.481 e. The van der Waals surface area contributed by atoms with Gasteiger partial charge >= 0.3 is 5.97 Å². The quantitative estimate of drug-likeness (QED) is 0.902. The fraction of sp³-hybridized carbons (Fsp3) is 0.467. The topological polar surface area (TPSA) is 66.4 Å². The molecule has 0 radical (unpaired) electrons. The van der Waals surface area contributed by atoms with Gasteiger partial charge in [0.15, 0.2) is 0 Å². The molecule has 0 aliphatic heterocycles. The summed E-state index contributed by atoms with van der Waals surface area (Å²) in [5, 5.41) is 12.3. The Morgan fingerprint density at radius 3 is 2.67 bits per heavy atom. The molecule has 21 heavy (non-hydrogen) atoms. The Morgan fingerprint density at radius 1 is 1.29 bits per heavy atom. The van der Waals surface area contributed by atoms with E-state index in [4.69, 9.17) is 11.6 Å². The Kier molecular flexibility index (Phi) is 3.61. The number of carbonyl (C=O) groups is 2. The van der Waals surface area contributed by atoms with Gasteiger partial charge in [-0.1, -0.05) is 11.6 Å². The van der Waals surface area contributed by atoms with Crippen LogP contribution >= 0.6 is 11.6 Å². The summed E-state index contributed by atoms with van der Waals surface area (Å²) in [5.74, 6) is -2.43. The van der Waals surface area contributed by atoms with Gasteiger partial charge in [0, 0.05) is 11.1 Å². The van der Waals surface area contributed by atoms with E-state index in [0.717, 1.165) is 25.3 Å². The molecule has 0 spiro atoms. The molecule has 0 saturated heterocycles. The van der Waals surface area contributed by atoms with Crippen LogP contribution in [0.2, 0.25) is 5.02 Å². The zero-order chi connectivity index (χ0) is 15.1. The number of carboxylic acids is 1. The van der Waals surface area contributed by atoms with E-state index in [1.54, 1.807) is 0 Å². The first-order valence-electron chi connectivity index (χ1n) is 6.96. The molecule has 112 valence electrons. The van der Waals surface area contributed by atoms with Crippen LogP contribution in [0, 0.1) is 23.6 Å². The lowest BCUT2D eigenvalue weighted by Crippen LogP contribution is -2.47. The number of amides is 1. The first-order chi connectivity index (χ1) is 9.97. The van der Waals surface area contributed by atoms with Crippen molar-refractivity contribution in [1.82, 2.24) is 5.32 Å². The Bertz CT molecular complexity index is 607. The van der Waals surface area contributed by atoms with Crippen molar-refractivity contribution in [2.24, 2.45) is 17.8 Å². The van der Waals surface area contributed by atoms with Crippen LogP contribution in [-0.2, 0) is 4.79 Å². The van der Waals surface area contributed by atoms with Crippen LogP contribution in [0.25, 0.3) is 0 Å². The number of carbonyl (C=O) groups excluding carboxylic acids is 1. The van der Waals surface area contributed by atoms with E-state index in [1.165, 1.54) is 12.1 Å². The van der Waals surface area contributed by atoms with Crippen LogP contribution in [0.5, 0.6) is 0 Å². The fourth-order valence-electron chi connectivity index (χ4n) is 3.76. The van der Waals surface area contributed by atoms with Gasteiger partial charge in [-0.15, -0.1) is 0 Å². The monoisotopic (exact) mass is 311 g/mol. The summed E-state index contributed by atoms with van der Waals surface area (Å²) in [6.45, 7) is 0. The molecule has 4 nitrogen and oxygen atoms in total. The SMILES string of the molecule is O=C(NC1C2CCC(C2)C1C(=O)O)c1ccc(Cl)cc1F. The van der Waals surface area contributed by atoms with Crippen molar-refractivity contribution in [3.8, 4) is 0 Å². The summed E-state index contributed by atoms with van der Waals surface area (Å²) in [7, 11) is 0. The highest BCUT2D eigenvalue weighted by atomic mass is 35.5. The highest BCUT2D eigenvalue weighted by Gasteiger charge is 2.51. The second kappa shape index (κ2) is 5.30. The number of hydrogen-bond donors (Lipinski definition) is 2. The molecular weight excluding hydrogens is 297 g/mol. The standard InChI is InChI=1S/C15H15ClFNO3/c16-9-3-4-10(11(17)6-9)14(19)18-13-8-2-1-7(5-8)12(13)15(20)21/h3-4,6-8,12-13H,1-2,5H2,(H,18,19)(H,20,21). The van der Waals surface area contributed by atoms with E-state index in [0.29, 0.717) is 0 Å². The molecule has 0 aromatic heterocycles. The predicted molar refractivity (Wildman–Crippen MR) is 74.6 cm³/mol. The van der Waals surface area contributed by atoms with Crippen molar-refractivity contribution in [2.75, 3.05) is 0 Å². The zero-order valence-electron chi connectivity index (χ0n) is 11.2. The van der Waals surface area contributed by atoms with Gasteiger partial charge in [-0.3, -0.25) is 9.59 Å². The summed E-state index contributed by atoms with van der Waals surface area (Å²) in [4.78, 5) is 23.6. The number of benzene rings is 1. The summed E-state index contributed by atoms with van der Waals surface area (Å²) in [6, 6.07) is 3.42. The lowest BCUT2D eigenvalue weighted by Gasteiger charge is -2.28. The third kappa shape index (κ3) is 2.50. The normalized spacial score (nSPS) is 30.4. The van der Waals surface area contributed by atoms with Gasteiger partial charge in [0.05, 0.1) is 11.5 Å². The minimum absolute atomic E-state index is 0.105. The van der Waals surface area contributed by atoms with Gasteiger partial charge in [-0.05, 0) is 49.3 Å². The number of halogens is 2. The van der Waals surface area contributed by atoms with Crippen LogP contribution in [-0.4, -0.2) is 23.0 Å². The van der Waals surface area contributed by atoms with E-state index in [2.05, 4.69) is 5.32 Å². The molecule has 2 saturated carbocycles.